The minimum absolute atomic E-state index is 0.549. The van der Waals surface area contributed by atoms with Crippen LogP contribution in [0.1, 0.15) is 13.8 Å². The largest absolute Gasteiger partial charge is 0.383 e. The van der Waals surface area contributed by atoms with Gasteiger partial charge in [0.05, 0.1) is 6.54 Å². The maximum absolute atomic E-state index is 5.61. The van der Waals surface area contributed by atoms with Gasteiger partial charge in [0.2, 0.25) is 0 Å². The van der Waals surface area contributed by atoms with Crippen molar-refractivity contribution in [1.29, 1.82) is 0 Å². The lowest BCUT2D eigenvalue weighted by molar-refractivity contribution is 0.817. The Balaban J connectivity index is 2.91. The summed E-state index contributed by atoms with van der Waals surface area (Å²) in [6, 6.07) is 0. The van der Waals surface area contributed by atoms with E-state index < -0.39 is 0 Å². The normalized spacial score (nSPS) is 32.7. The highest BCUT2D eigenvalue weighted by atomic mass is 15.3. The summed E-state index contributed by atoms with van der Waals surface area (Å²) in [4.78, 5) is 4.03. The van der Waals surface area contributed by atoms with Crippen molar-refractivity contribution in [1.82, 2.24) is 5.43 Å². The van der Waals surface area contributed by atoms with Gasteiger partial charge in [-0.1, -0.05) is 6.08 Å². The van der Waals surface area contributed by atoms with E-state index in [1.165, 1.54) is 0 Å². The van der Waals surface area contributed by atoms with Crippen LogP contribution in [-0.2, 0) is 0 Å². The first kappa shape index (κ1) is 7.78. The summed E-state index contributed by atoms with van der Waals surface area (Å²) < 4.78 is 0. The maximum Gasteiger partial charge on any atom is 0.147 e. The molecule has 4 heteroatoms. The van der Waals surface area contributed by atoms with Crippen molar-refractivity contribution < 1.29 is 0 Å². The van der Waals surface area contributed by atoms with E-state index in [1.54, 1.807) is 6.92 Å². The van der Waals surface area contributed by atoms with Crippen molar-refractivity contribution in [3.05, 3.63) is 11.6 Å². The summed E-state index contributed by atoms with van der Waals surface area (Å²) in [5.41, 5.74) is 9.44. The van der Waals surface area contributed by atoms with Gasteiger partial charge < -0.3 is 11.2 Å². The van der Waals surface area contributed by atoms with Crippen molar-refractivity contribution in [2.45, 2.75) is 13.8 Å². The fourth-order valence-corrected chi connectivity index (χ4v) is 0.751. The number of hydrogen-bond acceptors (Lipinski definition) is 4. The fourth-order valence-electron chi connectivity index (χ4n) is 0.751. The van der Waals surface area contributed by atoms with Gasteiger partial charge in [0, 0.05) is 0 Å². The van der Waals surface area contributed by atoms with E-state index in [-0.39, 0.29) is 0 Å². The molecule has 11 heavy (non-hydrogen) atoms. The van der Waals surface area contributed by atoms with Crippen molar-refractivity contribution in [3.63, 3.8) is 0 Å². The van der Waals surface area contributed by atoms with Gasteiger partial charge in [0.15, 0.2) is 0 Å². The number of amidine groups is 2. The highest BCUT2D eigenvalue weighted by Gasteiger charge is 1.98. The Morgan fingerprint density at radius 3 is 3.00 bits per heavy atom. The quantitative estimate of drug-likeness (QED) is 0.521. The molecule has 0 unspecified atom stereocenters. The molecule has 0 bridgehead atoms. The zero-order valence-electron chi connectivity index (χ0n) is 6.76. The summed E-state index contributed by atoms with van der Waals surface area (Å²) in [5, 5.41) is 3.92. The molecule has 0 aliphatic carbocycles. The summed E-state index contributed by atoms with van der Waals surface area (Å²) in [5.74, 6) is 1.21. The number of nitrogens with zero attached hydrogens (tertiary/aromatic N) is 2. The SMILES string of the molecule is CC1=N/NC/C=C(C)/C(N)=N\1. The predicted octanol–water partition coefficient (Wildman–Crippen LogP) is 0.227. The van der Waals surface area contributed by atoms with Crippen molar-refractivity contribution in [2.75, 3.05) is 6.54 Å². The van der Waals surface area contributed by atoms with Crippen LogP contribution in [0.15, 0.2) is 21.7 Å². The first-order chi connectivity index (χ1) is 5.20. The lowest BCUT2D eigenvalue weighted by Gasteiger charge is -2.05. The molecule has 0 atom stereocenters. The summed E-state index contributed by atoms with van der Waals surface area (Å²) >= 11 is 0. The van der Waals surface area contributed by atoms with Crippen LogP contribution in [0.3, 0.4) is 0 Å². The number of aliphatic imine (C=N–C) groups is 1. The van der Waals surface area contributed by atoms with Crippen LogP contribution in [0.25, 0.3) is 0 Å². The van der Waals surface area contributed by atoms with Gasteiger partial charge in [0.1, 0.15) is 11.7 Å². The van der Waals surface area contributed by atoms with E-state index in [4.69, 9.17) is 5.73 Å². The molecule has 1 aliphatic rings. The molecule has 0 aromatic carbocycles. The van der Waals surface area contributed by atoms with Gasteiger partial charge in [-0.05, 0) is 19.4 Å². The monoisotopic (exact) mass is 152 g/mol. The first-order valence-electron chi connectivity index (χ1n) is 3.48. The van der Waals surface area contributed by atoms with Crippen molar-refractivity contribution >= 4 is 11.7 Å². The zero-order valence-corrected chi connectivity index (χ0v) is 6.76. The molecule has 0 amide bonds. The smallest absolute Gasteiger partial charge is 0.147 e. The number of nitrogens with two attached hydrogens (primary N) is 1. The Morgan fingerprint density at radius 1 is 1.55 bits per heavy atom. The van der Waals surface area contributed by atoms with Gasteiger partial charge in [-0.15, -0.1) is 0 Å². The molecule has 1 rings (SSSR count). The predicted molar refractivity (Wildman–Crippen MR) is 46.5 cm³/mol. The molecule has 0 saturated carbocycles. The molecule has 4 nitrogen and oxygen atoms in total. The Labute approximate surface area is 65.9 Å². The molecule has 0 radical (unpaired) electrons. The molecule has 1 aliphatic heterocycles. The standard InChI is InChI=1S/C7H12N4/c1-5-3-4-9-11-6(2)10-7(5)8/h3,9H,4H2,1-2H3,(H2,8,10,11)/b5-3+. The molecule has 1 heterocycles. The van der Waals surface area contributed by atoms with Gasteiger partial charge in [0.25, 0.3) is 0 Å². The van der Waals surface area contributed by atoms with Crippen LogP contribution >= 0.6 is 0 Å². The third-order valence-corrected chi connectivity index (χ3v) is 1.43. The Morgan fingerprint density at radius 2 is 2.27 bits per heavy atom. The second-order valence-electron chi connectivity index (χ2n) is 2.41. The topological polar surface area (TPSA) is 62.8 Å². The lowest BCUT2D eigenvalue weighted by atomic mass is 10.2. The van der Waals surface area contributed by atoms with E-state index >= 15 is 0 Å². The molecule has 0 aromatic heterocycles. The molecule has 0 fully saturated rings. The Kier molecular flexibility index (Phi) is 2.25. The summed E-state index contributed by atoms with van der Waals surface area (Å²) in [6.45, 7) is 4.44. The second kappa shape index (κ2) is 3.18. The summed E-state index contributed by atoms with van der Waals surface area (Å²) in [6.07, 6.45) is 1.95. The van der Waals surface area contributed by atoms with E-state index in [2.05, 4.69) is 15.5 Å². The molecule has 0 saturated heterocycles. The third kappa shape index (κ3) is 2.07. The molecular formula is C7H12N4. The average molecular weight is 152 g/mol. The van der Waals surface area contributed by atoms with Gasteiger partial charge in [-0.25, -0.2) is 4.99 Å². The van der Waals surface area contributed by atoms with Gasteiger partial charge in [-0.3, -0.25) is 0 Å². The zero-order chi connectivity index (χ0) is 8.27. The molecular weight excluding hydrogens is 140 g/mol. The lowest BCUT2D eigenvalue weighted by Crippen LogP contribution is -2.20. The van der Waals surface area contributed by atoms with Crippen molar-refractivity contribution in [2.24, 2.45) is 15.8 Å². The van der Waals surface area contributed by atoms with Crippen LogP contribution in [0.2, 0.25) is 0 Å². The molecule has 60 valence electrons. The highest BCUT2D eigenvalue weighted by Crippen LogP contribution is 1.95. The number of hydrazone groups is 1. The first-order valence-corrected chi connectivity index (χ1v) is 3.48. The van der Waals surface area contributed by atoms with Crippen LogP contribution in [0.4, 0.5) is 0 Å². The molecule has 0 aromatic rings. The number of nitrogens with one attached hydrogen (secondary N) is 1. The van der Waals surface area contributed by atoms with E-state index in [0.717, 1.165) is 5.57 Å². The molecule has 3 N–H and O–H groups in total. The van der Waals surface area contributed by atoms with E-state index in [0.29, 0.717) is 18.2 Å². The number of hydrogen-bond donors (Lipinski definition) is 2. The minimum Gasteiger partial charge on any atom is -0.383 e. The average Bonchev–Trinajstić information content (AvgIpc) is 1.95. The van der Waals surface area contributed by atoms with Gasteiger partial charge >= 0.3 is 0 Å². The fraction of sp³-hybridized carbons (Fsp3) is 0.429. The molecule has 0 spiro atoms. The van der Waals surface area contributed by atoms with Crippen LogP contribution in [-0.4, -0.2) is 18.2 Å². The van der Waals surface area contributed by atoms with Crippen molar-refractivity contribution in [3.8, 4) is 0 Å². The second-order valence-corrected chi connectivity index (χ2v) is 2.41. The number of rotatable bonds is 0. The van der Waals surface area contributed by atoms with E-state index in [1.807, 2.05) is 13.0 Å². The minimum atomic E-state index is 0.549. The van der Waals surface area contributed by atoms with E-state index in [9.17, 15) is 0 Å². The van der Waals surface area contributed by atoms with Crippen LogP contribution in [0, 0.1) is 0 Å². The van der Waals surface area contributed by atoms with Crippen LogP contribution < -0.4 is 11.2 Å². The van der Waals surface area contributed by atoms with Crippen LogP contribution in [0.5, 0.6) is 0 Å². The maximum atomic E-state index is 5.61. The Hall–Kier alpha value is -1.32. The van der Waals surface area contributed by atoms with Gasteiger partial charge in [-0.2, -0.15) is 5.10 Å². The highest BCUT2D eigenvalue weighted by molar-refractivity contribution is 6.04. The Bertz CT molecular complexity index is 237. The summed E-state index contributed by atoms with van der Waals surface area (Å²) in [7, 11) is 0. The third-order valence-electron chi connectivity index (χ3n) is 1.43.